The molecular formula is C45H68F5NO12P2S2. The van der Waals surface area contributed by atoms with Crippen molar-refractivity contribution in [2.45, 2.75) is 115 Å². The van der Waals surface area contributed by atoms with Crippen molar-refractivity contribution in [3.8, 4) is 11.5 Å². The Morgan fingerprint density at radius 1 is 0.881 bits per heavy atom. The fourth-order valence-corrected chi connectivity index (χ4v) is 12.5. The Bertz CT molecular complexity index is 1960. The van der Waals surface area contributed by atoms with Crippen molar-refractivity contribution in [3.05, 3.63) is 58.7 Å². The predicted octanol–water partition coefficient (Wildman–Crippen LogP) is 11.2. The van der Waals surface area contributed by atoms with Crippen LogP contribution in [-0.4, -0.2) is 109 Å². The summed E-state index contributed by atoms with van der Waals surface area (Å²) in [6.45, 7) is 5.67. The van der Waals surface area contributed by atoms with Crippen LogP contribution < -0.4 is 4.74 Å². The first-order valence-electron chi connectivity index (χ1n) is 22.9. The van der Waals surface area contributed by atoms with Gasteiger partial charge in [0.15, 0.2) is 5.60 Å². The van der Waals surface area contributed by atoms with E-state index in [1.165, 1.54) is 23.3 Å². The summed E-state index contributed by atoms with van der Waals surface area (Å²) in [4.78, 5) is 29.3. The fraction of sp³-hybridized carbons (Fsp3) is 0.733. The number of nitrogens with zero attached hydrogens (tertiary/aromatic N) is 1. The van der Waals surface area contributed by atoms with Crippen LogP contribution in [0.15, 0.2) is 30.3 Å². The largest absolute Gasteiger partial charge is 0.471 e. The summed E-state index contributed by atoms with van der Waals surface area (Å²) in [5, 5.41) is 0. The van der Waals surface area contributed by atoms with Crippen molar-refractivity contribution < 1.29 is 78.3 Å². The third-order valence-electron chi connectivity index (χ3n) is 13.4. The van der Waals surface area contributed by atoms with E-state index >= 15 is 8.78 Å². The van der Waals surface area contributed by atoms with E-state index in [1.807, 2.05) is 24.1 Å². The van der Waals surface area contributed by atoms with Crippen LogP contribution >= 0.6 is 37.2 Å². The van der Waals surface area contributed by atoms with Crippen LogP contribution in [0.1, 0.15) is 101 Å². The predicted molar refractivity (Wildman–Crippen MR) is 248 cm³/mol. The van der Waals surface area contributed by atoms with Crippen molar-refractivity contribution in [3.63, 3.8) is 0 Å². The zero-order valence-electron chi connectivity index (χ0n) is 39.0. The molecule has 382 valence electrons. The van der Waals surface area contributed by atoms with E-state index < -0.39 is 45.0 Å². The van der Waals surface area contributed by atoms with Gasteiger partial charge in [0.2, 0.25) is 0 Å². The zero-order valence-corrected chi connectivity index (χ0v) is 42.4. The Morgan fingerprint density at radius 2 is 1.60 bits per heavy atom. The molecule has 0 saturated heterocycles. The van der Waals surface area contributed by atoms with E-state index in [-0.39, 0.29) is 49.2 Å². The first-order chi connectivity index (χ1) is 31.5. The molecule has 0 aliphatic heterocycles. The molecule has 22 heteroatoms. The van der Waals surface area contributed by atoms with Gasteiger partial charge in [-0.05, 0) is 138 Å². The molecule has 0 bridgehead atoms. The Morgan fingerprint density at radius 3 is 2.30 bits per heavy atom. The monoisotopic (exact) mass is 1040 g/mol. The highest BCUT2D eigenvalue weighted by atomic mass is 33.1. The Kier molecular flexibility index (Phi) is 21.4. The maximum atomic E-state index is 15.3. The molecule has 5 rings (SSSR count). The lowest BCUT2D eigenvalue weighted by Gasteiger charge is -2.50. The highest BCUT2D eigenvalue weighted by Gasteiger charge is 2.55. The first kappa shape index (κ1) is 56.6. The Balaban J connectivity index is 0.982. The van der Waals surface area contributed by atoms with Gasteiger partial charge in [0.25, 0.3) is 0 Å². The lowest BCUT2D eigenvalue weighted by molar-refractivity contribution is -0.264. The number of halogens is 5. The first-order valence-corrected chi connectivity index (χ1v) is 28.4. The second-order valence-electron chi connectivity index (χ2n) is 18.5. The Labute approximate surface area is 399 Å². The average Bonchev–Trinajstić information content (AvgIpc) is 3.59. The van der Waals surface area contributed by atoms with E-state index in [0.29, 0.717) is 74.9 Å². The molecule has 3 N–H and O–H groups in total. The van der Waals surface area contributed by atoms with Crippen LogP contribution in [0.2, 0.25) is 0 Å². The number of phosphoric acid groups is 2. The normalized spacial score (nSPS) is 23.4. The molecule has 0 spiro atoms. The minimum Gasteiger partial charge on any atom is -0.457 e. The summed E-state index contributed by atoms with van der Waals surface area (Å²) in [6, 6.07) is 8.47. The number of phosphoric ester groups is 2. The quantitative estimate of drug-likeness (QED) is 0.0305. The number of ether oxygens (including phenoxy) is 4. The highest BCUT2D eigenvalue weighted by molar-refractivity contribution is 8.76. The molecule has 3 aliphatic carbocycles. The van der Waals surface area contributed by atoms with Gasteiger partial charge in [0.05, 0.1) is 25.9 Å². The lowest BCUT2D eigenvalue weighted by atomic mass is 9.55. The molecular weight excluding hydrogens is 968 g/mol. The molecule has 7 unspecified atom stereocenters. The molecule has 0 amide bonds. The molecule has 2 fully saturated rings. The maximum Gasteiger partial charge on any atom is 0.471 e. The van der Waals surface area contributed by atoms with Crippen LogP contribution in [-0.2, 0) is 49.9 Å². The van der Waals surface area contributed by atoms with E-state index in [0.717, 1.165) is 71.7 Å². The molecule has 3 aliphatic rings. The van der Waals surface area contributed by atoms with Gasteiger partial charge >= 0.3 is 21.8 Å². The van der Waals surface area contributed by atoms with Crippen molar-refractivity contribution >= 4 is 37.2 Å². The van der Waals surface area contributed by atoms with Gasteiger partial charge in [-0.3, -0.25) is 13.6 Å². The van der Waals surface area contributed by atoms with Crippen molar-refractivity contribution in [1.82, 2.24) is 4.90 Å². The van der Waals surface area contributed by atoms with Crippen molar-refractivity contribution in [1.29, 1.82) is 0 Å². The molecule has 2 aromatic carbocycles. The minimum absolute atomic E-state index is 0.0120. The number of hydrogen-bond donors (Lipinski definition) is 3. The molecule has 13 nitrogen and oxygen atoms in total. The second-order valence-corrected chi connectivity index (χ2v) is 24.0. The standard InChI is InChI=1S/C45H68F5NO12P2S2/c1-43(2,45(48,49)50)60-21-8-20-59-42-15-14-39-37-12-10-32-25-33(11-13-35(32)36(37)16-17-44(39,42)3)63-34-26-40(46)38(41(47)27-34)28-51(4)18-7-23-66-67-24-22-58-19-6-9-31(29-61-64(52,53)54)30-62-65(55,56)57-5/h11,13,25-27,31,36-37,39,42H,6-10,12,14-24,28-30H2,1-5H3,(H,55,56)(H2,52,53,54). The SMILES string of the molecule is COP(=O)(O)OCC(CCCOCCSSCCCN(C)Cc1c(F)cc(Oc2ccc3c(c2)CCC2C3CCC3(C)C(OCCCOC(C)(C)C(F)(F)F)CCC23)cc1F)COP(=O)(O)O. The number of fused-ring (bicyclic) bond motifs is 5. The number of benzene rings is 2. The van der Waals surface area contributed by atoms with Gasteiger partial charge in [-0.1, -0.05) is 34.6 Å². The van der Waals surface area contributed by atoms with Crippen LogP contribution in [0.25, 0.3) is 0 Å². The number of rotatable bonds is 29. The molecule has 2 aromatic rings. The molecule has 0 aromatic heterocycles. The fourth-order valence-electron chi connectivity index (χ4n) is 9.67. The molecule has 0 heterocycles. The van der Waals surface area contributed by atoms with Gasteiger partial charge in [-0.2, -0.15) is 13.2 Å². The van der Waals surface area contributed by atoms with Gasteiger partial charge in [-0.25, -0.2) is 17.9 Å². The smallest absolute Gasteiger partial charge is 0.457 e. The van der Waals surface area contributed by atoms with Crippen molar-refractivity contribution in [2.24, 2.45) is 23.2 Å². The van der Waals surface area contributed by atoms with Crippen LogP contribution in [0.3, 0.4) is 0 Å². The highest BCUT2D eigenvalue weighted by Crippen LogP contribution is 2.61. The van der Waals surface area contributed by atoms with E-state index in [4.69, 9.17) is 33.3 Å². The zero-order chi connectivity index (χ0) is 49.0. The van der Waals surface area contributed by atoms with Crippen LogP contribution in [0, 0.1) is 34.8 Å². The maximum absolute atomic E-state index is 15.3. The number of aryl methyl sites for hydroxylation is 1. The van der Waals surface area contributed by atoms with E-state index in [9.17, 15) is 27.2 Å². The van der Waals surface area contributed by atoms with E-state index in [2.05, 4.69) is 22.0 Å². The average molecular weight is 1040 g/mol. The van der Waals surface area contributed by atoms with Gasteiger partial charge in [0.1, 0.15) is 23.1 Å². The van der Waals surface area contributed by atoms with Crippen LogP contribution in [0.4, 0.5) is 22.0 Å². The van der Waals surface area contributed by atoms with Gasteiger partial charge in [-0.15, -0.1) is 0 Å². The summed E-state index contributed by atoms with van der Waals surface area (Å²) in [6.07, 6.45) is 3.63. The van der Waals surface area contributed by atoms with E-state index in [1.54, 1.807) is 21.6 Å². The summed E-state index contributed by atoms with van der Waals surface area (Å²) in [7, 11) is -2.84. The van der Waals surface area contributed by atoms with Gasteiger partial charge < -0.3 is 38.5 Å². The second kappa shape index (κ2) is 25.3. The molecule has 0 radical (unpaired) electrons. The molecule has 7 atom stereocenters. The summed E-state index contributed by atoms with van der Waals surface area (Å²) < 4.78 is 130. The Hall–Kier alpha value is -1.35. The number of alkyl halides is 3. The lowest BCUT2D eigenvalue weighted by Crippen LogP contribution is -2.45. The minimum atomic E-state index is -4.72. The molecule has 2 saturated carbocycles. The summed E-state index contributed by atoms with van der Waals surface area (Å²) in [5.74, 6) is 1.65. The topological polar surface area (TPSA) is 163 Å². The van der Waals surface area contributed by atoms with Crippen LogP contribution in [0.5, 0.6) is 11.5 Å². The summed E-state index contributed by atoms with van der Waals surface area (Å²) >= 11 is 0. The summed E-state index contributed by atoms with van der Waals surface area (Å²) in [5.41, 5.74) is 0.307. The molecule has 67 heavy (non-hydrogen) atoms. The van der Waals surface area contributed by atoms with Crippen molar-refractivity contribution in [2.75, 3.05) is 71.8 Å². The number of hydrogen-bond acceptors (Lipinski definition) is 12. The third kappa shape index (κ3) is 16.9. The van der Waals surface area contributed by atoms with Gasteiger partial charge in [0, 0.05) is 68.6 Å². The third-order valence-corrected chi connectivity index (χ3v) is 17.3.